The van der Waals surface area contributed by atoms with Crippen LogP contribution in [0, 0.1) is 0 Å². The fourth-order valence-corrected chi connectivity index (χ4v) is 5.86. The number of methoxy groups -OCH3 is 1. The molecule has 0 aliphatic carbocycles. The Labute approximate surface area is 244 Å². The number of nitrogens with two attached hydrogens (primary N) is 1. The van der Waals surface area contributed by atoms with Crippen molar-refractivity contribution in [1.82, 2.24) is 4.90 Å². The number of likely N-dealkylation sites (N-methyl/N-ethyl adjacent to an activating group) is 2. The van der Waals surface area contributed by atoms with Gasteiger partial charge in [0.25, 0.3) is 10.0 Å². The average Bonchev–Trinajstić information content (AvgIpc) is 3.01. The molecule has 42 heavy (non-hydrogen) atoms. The summed E-state index contributed by atoms with van der Waals surface area (Å²) in [5.41, 5.74) is 1.03. The van der Waals surface area contributed by atoms with Crippen molar-refractivity contribution < 1.29 is 33.1 Å². The molecule has 0 aliphatic rings. The van der Waals surface area contributed by atoms with Crippen LogP contribution in [0.4, 0.5) is 10.5 Å². The SMILES string of the molecule is C[NH2+]CCN(C)C(=O)Oc1ccc2ccccc2c1-c1cc(NS(=O)(=O)c2ccc(OC)cc2)c2ccccc2c1O. The van der Waals surface area contributed by atoms with Gasteiger partial charge in [-0.25, -0.2) is 13.2 Å². The summed E-state index contributed by atoms with van der Waals surface area (Å²) >= 11 is 0. The van der Waals surface area contributed by atoms with E-state index in [9.17, 15) is 18.3 Å². The van der Waals surface area contributed by atoms with Gasteiger partial charge in [-0.3, -0.25) is 4.72 Å². The summed E-state index contributed by atoms with van der Waals surface area (Å²) in [5, 5.41) is 16.1. The summed E-state index contributed by atoms with van der Waals surface area (Å²) in [7, 11) is 1.07. The van der Waals surface area contributed by atoms with Crippen molar-refractivity contribution in [2.45, 2.75) is 4.90 Å². The second kappa shape index (κ2) is 12.0. The van der Waals surface area contributed by atoms with Crippen molar-refractivity contribution in [3.63, 3.8) is 0 Å². The van der Waals surface area contributed by atoms with E-state index in [2.05, 4.69) is 4.72 Å². The fourth-order valence-electron chi connectivity index (χ4n) is 4.79. The Balaban J connectivity index is 1.69. The molecule has 0 unspecified atom stereocenters. The number of carbonyl (C=O) groups is 1. The topological polar surface area (TPSA) is 122 Å². The maximum Gasteiger partial charge on any atom is 0.415 e. The molecule has 0 heterocycles. The van der Waals surface area contributed by atoms with E-state index >= 15 is 0 Å². The highest BCUT2D eigenvalue weighted by atomic mass is 32.2. The lowest BCUT2D eigenvalue weighted by Gasteiger charge is -2.20. The maximum absolute atomic E-state index is 13.5. The standard InChI is InChI=1S/C32H31N3O6S/c1-33-18-19-35(2)32(37)41-29-17-12-21-8-4-5-9-24(21)30(29)27-20-28(25-10-6-7-11-26(25)31(27)36)34-42(38,39)23-15-13-22(40-3)14-16-23/h4-17,20,33-34,36H,18-19H2,1-3H3/p+1. The van der Waals surface area contributed by atoms with Gasteiger partial charge >= 0.3 is 6.09 Å². The molecule has 216 valence electrons. The van der Waals surface area contributed by atoms with Gasteiger partial charge in [0.2, 0.25) is 0 Å². The highest BCUT2D eigenvalue weighted by molar-refractivity contribution is 7.92. The summed E-state index contributed by atoms with van der Waals surface area (Å²) < 4.78 is 40.7. The second-order valence-electron chi connectivity index (χ2n) is 9.79. The third kappa shape index (κ3) is 5.67. The average molecular weight is 587 g/mol. The molecule has 0 aliphatic heterocycles. The monoisotopic (exact) mass is 586 g/mol. The van der Waals surface area contributed by atoms with Gasteiger partial charge in [0.05, 0.1) is 37.8 Å². The summed E-state index contributed by atoms with van der Waals surface area (Å²) in [4.78, 5) is 14.5. The molecule has 0 radical (unpaired) electrons. The summed E-state index contributed by atoms with van der Waals surface area (Å²) in [6.45, 7) is 1.19. The first kappa shape index (κ1) is 28.7. The van der Waals surface area contributed by atoms with Gasteiger partial charge in [-0.2, -0.15) is 0 Å². The van der Waals surface area contributed by atoms with E-state index in [0.717, 1.165) is 10.8 Å². The van der Waals surface area contributed by atoms with Crippen molar-refractivity contribution in [2.75, 3.05) is 39.0 Å². The van der Waals surface area contributed by atoms with E-state index in [1.807, 2.05) is 42.7 Å². The Bertz CT molecular complexity index is 1870. The first-order chi connectivity index (χ1) is 20.2. The Morgan fingerprint density at radius 2 is 1.60 bits per heavy atom. The fraction of sp³-hybridized carbons (Fsp3) is 0.156. The minimum atomic E-state index is -4.02. The van der Waals surface area contributed by atoms with Crippen molar-refractivity contribution in [3.05, 3.63) is 91.0 Å². The molecule has 0 aromatic heterocycles. The zero-order valence-corrected chi connectivity index (χ0v) is 24.3. The second-order valence-corrected chi connectivity index (χ2v) is 11.5. The number of hydrogen-bond acceptors (Lipinski definition) is 6. The van der Waals surface area contributed by atoms with E-state index in [0.29, 0.717) is 40.7 Å². The molecule has 9 nitrogen and oxygen atoms in total. The van der Waals surface area contributed by atoms with E-state index in [1.54, 1.807) is 55.6 Å². The Kier molecular flexibility index (Phi) is 8.19. The van der Waals surface area contributed by atoms with E-state index in [1.165, 1.54) is 24.1 Å². The molecule has 5 aromatic carbocycles. The number of quaternary nitrogens is 1. The number of anilines is 1. The predicted octanol–water partition coefficient (Wildman–Crippen LogP) is 4.80. The number of amides is 1. The third-order valence-electron chi connectivity index (χ3n) is 7.05. The number of aromatic hydroxyl groups is 1. The lowest BCUT2D eigenvalue weighted by Crippen LogP contribution is -2.81. The van der Waals surface area contributed by atoms with Crippen LogP contribution in [0.1, 0.15) is 0 Å². The van der Waals surface area contributed by atoms with E-state index < -0.39 is 16.1 Å². The van der Waals surface area contributed by atoms with E-state index in [4.69, 9.17) is 9.47 Å². The zero-order chi connectivity index (χ0) is 29.9. The maximum atomic E-state index is 13.5. The third-order valence-corrected chi connectivity index (χ3v) is 8.43. The number of sulfonamides is 1. The van der Waals surface area contributed by atoms with Crippen molar-refractivity contribution in [3.8, 4) is 28.4 Å². The van der Waals surface area contributed by atoms with Crippen LogP contribution in [0.15, 0.2) is 95.9 Å². The number of nitrogens with one attached hydrogen (secondary N) is 1. The number of carbonyl (C=O) groups excluding carboxylic acids is 1. The Morgan fingerprint density at radius 3 is 2.29 bits per heavy atom. The lowest BCUT2D eigenvalue weighted by atomic mass is 9.93. The molecular weight excluding hydrogens is 554 g/mol. The van der Waals surface area contributed by atoms with Crippen LogP contribution >= 0.6 is 0 Å². The van der Waals surface area contributed by atoms with Crippen LogP contribution in [-0.4, -0.2) is 58.8 Å². The van der Waals surface area contributed by atoms with Crippen LogP contribution in [-0.2, 0) is 10.0 Å². The molecule has 0 saturated carbocycles. The summed E-state index contributed by atoms with van der Waals surface area (Å²) in [5.74, 6) is 0.698. The van der Waals surface area contributed by atoms with Crippen LogP contribution < -0.4 is 19.5 Å². The van der Waals surface area contributed by atoms with Crippen LogP contribution in [0.3, 0.4) is 0 Å². The molecular formula is C32H32N3O6S+. The van der Waals surface area contributed by atoms with Crippen molar-refractivity contribution >= 4 is 43.3 Å². The number of phenolic OH excluding ortho intramolecular Hbond substituents is 1. The molecule has 0 fully saturated rings. The molecule has 5 aromatic rings. The van der Waals surface area contributed by atoms with Crippen molar-refractivity contribution in [1.29, 1.82) is 0 Å². The minimum Gasteiger partial charge on any atom is -0.507 e. The summed E-state index contributed by atoms with van der Waals surface area (Å²) in [6, 6.07) is 25.7. The van der Waals surface area contributed by atoms with Gasteiger partial charge in [-0.05, 0) is 47.2 Å². The van der Waals surface area contributed by atoms with Gasteiger partial charge in [-0.15, -0.1) is 0 Å². The first-order valence-corrected chi connectivity index (χ1v) is 14.9. The van der Waals surface area contributed by atoms with Crippen LogP contribution in [0.2, 0.25) is 0 Å². The molecule has 0 saturated heterocycles. The molecule has 1 amide bonds. The molecule has 5 rings (SSSR count). The molecule has 10 heteroatoms. The number of nitrogens with zero attached hydrogens (tertiary/aromatic N) is 1. The van der Waals surface area contributed by atoms with Crippen molar-refractivity contribution in [2.24, 2.45) is 0 Å². The van der Waals surface area contributed by atoms with E-state index in [-0.39, 0.29) is 22.1 Å². The normalized spacial score (nSPS) is 11.4. The van der Waals surface area contributed by atoms with Crippen LogP contribution in [0.25, 0.3) is 32.7 Å². The largest absolute Gasteiger partial charge is 0.507 e. The number of fused-ring (bicyclic) bond motifs is 2. The highest BCUT2D eigenvalue weighted by Gasteiger charge is 2.23. The molecule has 0 spiro atoms. The first-order valence-electron chi connectivity index (χ1n) is 13.4. The molecule has 0 bridgehead atoms. The predicted molar refractivity (Wildman–Crippen MR) is 164 cm³/mol. The minimum absolute atomic E-state index is 0.0501. The summed E-state index contributed by atoms with van der Waals surface area (Å²) in [6.07, 6.45) is -0.547. The Hall–Kier alpha value is -4.80. The zero-order valence-electron chi connectivity index (χ0n) is 23.5. The van der Waals surface area contributed by atoms with Gasteiger partial charge in [0.15, 0.2) is 0 Å². The van der Waals surface area contributed by atoms with Crippen LogP contribution in [0.5, 0.6) is 17.2 Å². The quantitative estimate of drug-likeness (QED) is 0.213. The number of ether oxygens (including phenoxy) is 2. The number of phenols is 1. The van der Waals surface area contributed by atoms with Gasteiger partial charge in [0.1, 0.15) is 17.2 Å². The molecule has 0 atom stereocenters. The Morgan fingerprint density at radius 1 is 0.929 bits per heavy atom. The van der Waals surface area contributed by atoms with Gasteiger partial charge in [-0.1, -0.05) is 54.6 Å². The number of hydrogen-bond donors (Lipinski definition) is 3. The van der Waals surface area contributed by atoms with Gasteiger partial charge < -0.3 is 24.8 Å². The molecule has 4 N–H and O–H groups in total. The smallest absolute Gasteiger partial charge is 0.415 e. The number of benzene rings is 5. The number of rotatable bonds is 9. The van der Waals surface area contributed by atoms with Gasteiger partial charge in [0, 0.05) is 28.9 Å². The highest BCUT2D eigenvalue weighted by Crippen LogP contribution is 2.46. The lowest BCUT2D eigenvalue weighted by molar-refractivity contribution is -0.626.